The summed E-state index contributed by atoms with van der Waals surface area (Å²) >= 11 is 0. The lowest BCUT2D eigenvalue weighted by molar-refractivity contribution is 0.536. The molecule has 0 bridgehead atoms. The highest BCUT2D eigenvalue weighted by Crippen LogP contribution is 2.29. The number of allylic oxidation sites excluding steroid dienone is 1. The van der Waals surface area contributed by atoms with Crippen molar-refractivity contribution in [2.24, 2.45) is 0 Å². The highest BCUT2D eigenvalue weighted by molar-refractivity contribution is 5.32. The fourth-order valence-corrected chi connectivity index (χ4v) is 3.02. The van der Waals surface area contributed by atoms with Crippen molar-refractivity contribution in [3.05, 3.63) is 46.8 Å². The SMILES string of the molecule is CCCNC(/C1=C/CCCCCC1)c1ccc(C)c(F)c1. The van der Waals surface area contributed by atoms with Gasteiger partial charge in [-0.1, -0.05) is 43.5 Å². The van der Waals surface area contributed by atoms with Gasteiger partial charge in [-0.2, -0.15) is 0 Å². The average Bonchev–Trinajstić information content (AvgIpc) is 2.44. The number of rotatable bonds is 5. The van der Waals surface area contributed by atoms with Gasteiger partial charge in [-0.3, -0.25) is 0 Å². The second-order valence-electron chi connectivity index (χ2n) is 6.13. The molecule has 1 atom stereocenters. The van der Waals surface area contributed by atoms with Crippen LogP contribution >= 0.6 is 0 Å². The number of benzene rings is 1. The van der Waals surface area contributed by atoms with E-state index in [0.29, 0.717) is 0 Å². The summed E-state index contributed by atoms with van der Waals surface area (Å²) in [6.07, 6.45) is 11.0. The topological polar surface area (TPSA) is 12.0 Å². The van der Waals surface area contributed by atoms with E-state index in [1.165, 1.54) is 31.3 Å². The Morgan fingerprint density at radius 2 is 2.00 bits per heavy atom. The van der Waals surface area contributed by atoms with Gasteiger partial charge in [-0.25, -0.2) is 4.39 Å². The Bertz CT molecular complexity index is 478. The van der Waals surface area contributed by atoms with Crippen LogP contribution in [0.25, 0.3) is 0 Å². The number of hydrogen-bond donors (Lipinski definition) is 1. The van der Waals surface area contributed by atoms with Crippen LogP contribution in [0.1, 0.15) is 69.0 Å². The van der Waals surface area contributed by atoms with Crippen molar-refractivity contribution < 1.29 is 4.39 Å². The van der Waals surface area contributed by atoms with Crippen LogP contribution in [-0.4, -0.2) is 6.54 Å². The Morgan fingerprint density at radius 1 is 1.19 bits per heavy atom. The predicted octanol–water partition coefficient (Wildman–Crippen LogP) is 5.46. The van der Waals surface area contributed by atoms with Gasteiger partial charge in [0.15, 0.2) is 0 Å². The fraction of sp³-hybridized carbons (Fsp3) is 0.579. The zero-order valence-corrected chi connectivity index (χ0v) is 13.4. The summed E-state index contributed by atoms with van der Waals surface area (Å²) in [5, 5.41) is 3.62. The summed E-state index contributed by atoms with van der Waals surface area (Å²) in [6.45, 7) is 4.96. The number of aryl methyl sites for hydroxylation is 1. The second-order valence-corrected chi connectivity index (χ2v) is 6.13. The van der Waals surface area contributed by atoms with E-state index in [9.17, 15) is 4.39 Å². The molecule has 0 saturated carbocycles. The molecule has 0 aromatic heterocycles. The molecule has 1 unspecified atom stereocenters. The van der Waals surface area contributed by atoms with E-state index in [4.69, 9.17) is 0 Å². The summed E-state index contributed by atoms with van der Waals surface area (Å²) in [6, 6.07) is 5.86. The standard InChI is InChI=1S/C19H28FN/c1-3-13-21-19(16-9-7-5-4-6-8-10-16)17-12-11-15(2)18(20)14-17/h9,11-12,14,19,21H,3-8,10,13H2,1-2H3/b16-9+. The first-order valence-corrected chi connectivity index (χ1v) is 8.40. The highest BCUT2D eigenvalue weighted by Gasteiger charge is 2.17. The van der Waals surface area contributed by atoms with E-state index >= 15 is 0 Å². The number of hydrogen-bond acceptors (Lipinski definition) is 1. The van der Waals surface area contributed by atoms with Crippen LogP contribution in [0.3, 0.4) is 0 Å². The molecular weight excluding hydrogens is 261 g/mol. The quantitative estimate of drug-likeness (QED) is 0.710. The third-order valence-corrected chi connectivity index (χ3v) is 4.32. The molecule has 1 aromatic rings. The molecular formula is C19H28FN. The zero-order valence-electron chi connectivity index (χ0n) is 13.4. The molecule has 0 radical (unpaired) electrons. The normalized spacial score (nSPS) is 20.2. The van der Waals surface area contributed by atoms with E-state index in [1.807, 2.05) is 13.0 Å². The molecule has 2 rings (SSSR count). The maximum atomic E-state index is 13.9. The molecule has 0 saturated heterocycles. The Hall–Kier alpha value is -1.15. The van der Waals surface area contributed by atoms with Gasteiger partial charge in [0.25, 0.3) is 0 Å². The van der Waals surface area contributed by atoms with Gasteiger partial charge in [-0.05, 0) is 62.8 Å². The van der Waals surface area contributed by atoms with Gasteiger partial charge < -0.3 is 5.32 Å². The van der Waals surface area contributed by atoms with Crippen molar-refractivity contribution in [3.8, 4) is 0 Å². The van der Waals surface area contributed by atoms with Crippen LogP contribution in [-0.2, 0) is 0 Å². The summed E-state index contributed by atoms with van der Waals surface area (Å²) in [7, 11) is 0. The van der Waals surface area contributed by atoms with Gasteiger partial charge in [0.05, 0.1) is 6.04 Å². The number of halogens is 1. The van der Waals surface area contributed by atoms with Crippen LogP contribution in [0.4, 0.5) is 4.39 Å². The summed E-state index contributed by atoms with van der Waals surface area (Å²) in [4.78, 5) is 0. The van der Waals surface area contributed by atoms with E-state index in [0.717, 1.165) is 36.9 Å². The van der Waals surface area contributed by atoms with Crippen LogP contribution in [0, 0.1) is 12.7 Å². The molecule has 1 aliphatic carbocycles. The number of nitrogens with one attached hydrogen (secondary N) is 1. The molecule has 1 aromatic carbocycles. The first-order valence-electron chi connectivity index (χ1n) is 8.40. The van der Waals surface area contributed by atoms with Crippen LogP contribution < -0.4 is 5.32 Å². The van der Waals surface area contributed by atoms with E-state index in [2.05, 4.69) is 24.4 Å². The van der Waals surface area contributed by atoms with Gasteiger partial charge in [0, 0.05) is 0 Å². The molecule has 21 heavy (non-hydrogen) atoms. The minimum atomic E-state index is -0.0951. The Balaban J connectivity index is 2.25. The molecule has 1 N–H and O–H groups in total. The van der Waals surface area contributed by atoms with Crippen molar-refractivity contribution in [1.29, 1.82) is 0 Å². The fourth-order valence-electron chi connectivity index (χ4n) is 3.02. The van der Waals surface area contributed by atoms with Gasteiger partial charge in [0.1, 0.15) is 5.82 Å². The first kappa shape index (κ1) is 16.2. The highest BCUT2D eigenvalue weighted by atomic mass is 19.1. The predicted molar refractivity (Wildman–Crippen MR) is 88.0 cm³/mol. The Kier molecular flexibility index (Phi) is 6.44. The molecule has 0 aliphatic heterocycles. The second kappa shape index (κ2) is 8.33. The smallest absolute Gasteiger partial charge is 0.126 e. The first-order chi connectivity index (χ1) is 10.2. The lowest BCUT2D eigenvalue weighted by atomic mass is 9.90. The summed E-state index contributed by atoms with van der Waals surface area (Å²) in [5.74, 6) is -0.0951. The van der Waals surface area contributed by atoms with E-state index < -0.39 is 0 Å². The lowest BCUT2D eigenvalue weighted by Gasteiger charge is -2.24. The van der Waals surface area contributed by atoms with Crippen molar-refractivity contribution in [3.63, 3.8) is 0 Å². The summed E-state index contributed by atoms with van der Waals surface area (Å²) < 4.78 is 13.9. The largest absolute Gasteiger partial charge is 0.307 e. The molecule has 116 valence electrons. The molecule has 0 amide bonds. The molecule has 0 spiro atoms. The van der Waals surface area contributed by atoms with Crippen LogP contribution in [0.15, 0.2) is 29.8 Å². The van der Waals surface area contributed by atoms with Gasteiger partial charge >= 0.3 is 0 Å². The minimum absolute atomic E-state index is 0.0951. The average molecular weight is 289 g/mol. The van der Waals surface area contributed by atoms with Crippen LogP contribution in [0.5, 0.6) is 0 Å². The third kappa shape index (κ3) is 4.67. The maximum Gasteiger partial charge on any atom is 0.126 e. The van der Waals surface area contributed by atoms with E-state index in [1.54, 1.807) is 6.07 Å². The maximum absolute atomic E-state index is 13.9. The van der Waals surface area contributed by atoms with Crippen molar-refractivity contribution in [1.82, 2.24) is 5.32 Å². The molecule has 0 fully saturated rings. The van der Waals surface area contributed by atoms with Crippen molar-refractivity contribution in [2.75, 3.05) is 6.54 Å². The van der Waals surface area contributed by atoms with Gasteiger partial charge in [-0.15, -0.1) is 0 Å². The zero-order chi connectivity index (χ0) is 15.1. The Morgan fingerprint density at radius 3 is 2.76 bits per heavy atom. The molecule has 1 nitrogen and oxygen atoms in total. The lowest BCUT2D eigenvalue weighted by Crippen LogP contribution is -2.24. The van der Waals surface area contributed by atoms with Crippen LogP contribution in [0.2, 0.25) is 0 Å². The van der Waals surface area contributed by atoms with Crippen molar-refractivity contribution >= 4 is 0 Å². The van der Waals surface area contributed by atoms with E-state index in [-0.39, 0.29) is 11.9 Å². The molecule has 1 aliphatic rings. The summed E-state index contributed by atoms with van der Waals surface area (Å²) in [5.41, 5.74) is 3.24. The monoisotopic (exact) mass is 289 g/mol. The third-order valence-electron chi connectivity index (χ3n) is 4.32. The minimum Gasteiger partial charge on any atom is -0.307 e. The van der Waals surface area contributed by atoms with Crippen molar-refractivity contribution in [2.45, 2.75) is 64.8 Å². The Labute approximate surface area is 128 Å². The molecule has 0 heterocycles. The molecule has 2 heteroatoms. The van der Waals surface area contributed by atoms with Gasteiger partial charge in [0.2, 0.25) is 0 Å².